The van der Waals surface area contributed by atoms with Crippen LogP contribution < -0.4 is 5.32 Å². The van der Waals surface area contributed by atoms with Crippen molar-refractivity contribution < 1.29 is 17.9 Å². The van der Waals surface area contributed by atoms with Crippen LogP contribution in [0.5, 0.6) is 0 Å². The van der Waals surface area contributed by atoms with E-state index in [4.69, 9.17) is 4.74 Å². The Morgan fingerprint density at radius 3 is 2.36 bits per heavy atom. The first-order chi connectivity index (χ1) is 13.3. The normalized spacial score (nSPS) is 16.5. The van der Waals surface area contributed by atoms with Crippen molar-refractivity contribution >= 4 is 15.9 Å². The van der Waals surface area contributed by atoms with Crippen molar-refractivity contribution in [1.29, 1.82) is 0 Å². The lowest BCUT2D eigenvalue weighted by atomic mass is 10.00. The van der Waals surface area contributed by atoms with Crippen molar-refractivity contribution in [1.82, 2.24) is 9.62 Å². The Morgan fingerprint density at radius 2 is 1.71 bits per heavy atom. The average molecular weight is 403 g/mol. The molecule has 7 heteroatoms. The number of hydrogen-bond acceptors (Lipinski definition) is 4. The van der Waals surface area contributed by atoms with E-state index in [1.165, 1.54) is 16.4 Å². The molecule has 2 aromatic carbocycles. The molecular weight excluding hydrogens is 376 g/mol. The monoisotopic (exact) mass is 402 g/mol. The van der Waals surface area contributed by atoms with E-state index in [0.29, 0.717) is 31.9 Å². The summed E-state index contributed by atoms with van der Waals surface area (Å²) in [7, 11) is -3.56. The van der Waals surface area contributed by atoms with Gasteiger partial charge in [-0.2, -0.15) is 4.31 Å². The van der Waals surface area contributed by atoms with Crippen LogP contribution in [0.4, 0.5) is 0 Å². The number of nitrogens with zero attached hydrogens (tertiary/aromatic N) is 1. The number of amides is 1. The van der Waals surface area contributed by atoms with Crippen LogP contribution in [0.15, 0.2) is 47.4 Å². The standard InChI is InChI=1S/C21H26N2O4S/c1-15-4-5-16(2)20(14-15)17(3)22-21(24)18-6-8-19(9-7-18)28(25,26)23-10-12-27-13-11-23/h4-9,14,17H,10-13H2,1-3H3,(H,22,24)/t17-/m0/s1. The fraction of sp³-hybridized carbons (Fsp3) is 0.381. The Kier molecular flexibility index (Phi) is 6.17. The van der Waals surface area contributed by atoms with E-state index in [9.17, 15) is 13.2 Å². The van der Waals surface area contributed by atoms with Crippen LogP contribution in [0.1, 0.15) is 40.0 Å². The second-order valence-electron chi connectivity index (χ2n) is 7.10. The third kappa shape index (κ3) is 4.43. The molecule has 1 saturated heterocycles. The summed E-state index contributed by atoms with van der Waals surface area (Å²) in [6.45, 7) is 7.46. The van der Waals surface area contributed by atoms with Crippen LogP contribution in [-0.4, -0.2) is 44.9 Å². The first-order valence-corrected chi connectivity index (χ1v) is 10.8. The Bertz CT molecular complexity index is 949. The molecule has 0 spiro atoms. The summed E-state index contributed by atoms with van der Waals surface area (Å²) in [6.07, 6.45) is 0. The zero-order valence-electron chi connectivity index (χ0n) is 16.4. The summed E-state index contributed by atoms with van der Waals surface area (Å²) in [4.78, 5) is 12.8. The highest BCUT2D eigenvalue weighted by atomic mass is 32.2. The van der Waals surface area contributed by atoms with Gasteiger partial charge < -0.3 is 10.1 Å². The van der Waals surface area contributed by atoms with Crippen molar-refractivity contribution in [3.8, 4) is 0 Å². The van der Waals surface area contributed by atoms with Gasteiger partial charge in [0.2, 0.25) is 10.0 Å². The predicted octanol–water partition coefficient (Wildman–Crippen LogP) is 2.82. The predicted molar refractivity (Wildman–Crippen MR) is 108 cm³/mol. The van der Waals surface area contributed by atoms with E-state index in [1.807, 2.05) is 32.9 Å². The number of morpholine rings is 1. The van der Waals surface area contributed by atoms with E-state index in [-0.39, 0.29) is 16.8 Å². The van der Waals surface area contributed by atoms with Crippen molar-refractivity contribution in [3.63, 3.8) is 0 Å². The molecule has 6 nitrogen and oxygen atoms in total. The van der Waals surface area contributed by atoms with Crippen molar-refractivity contribution in [3.05, 3.63) is 64.7 Å². The number of aryl methyl sites for hydroxylation is 2. The van der Waals surface area contributed by atoms with E-state index in [0.717, 1.165) is 16.7 Å². The number of nitrogens with one attached hydrogen (secondary N) is 1. The highest BCUT2D eigenvalue weighted by Crippen LogP contribution is 2.21. The second-order valence-corrected chi connectivity index (χ2v) is 9.03. The van der Waals surface area contributed by atoms with Gasteiger partial charge in [-0.25, -0.2) is 8.42 Å². The van der Waals surface area contributed by atoms with Crippen molar-refractivity contribution in [2.45, 2.75) is 31.7 Å². The van der Waals surface area contributed by atoms with Gasteiger partial charge in [-0.05, 0) is 56.2 Å². The Labute approximate surface area is 166 Å². The molecule has 2 aromatic rings. The Morgan fingerprint density at radius 1 is 1.07 bits per heavy atom. The molecule has 150 valence electrons. The fourth-order valence-electron chi connectivity index (χ4n) is 3.30. The SMILES string of the molecule is Cc1ccc(C)c([C@H](C)NC(=O)c2ccc(S(=O)(=O)N3CCOCC3)cc2)c1. The van der Waals surface area contributed by atoms with Crippen LogP contribution in [0.25, 0.3) is 0 Å². The molecule has 1 aliphatic rings. The van der Waals surface area contributed by atoms with Gasteiger partial charge in [-0.1, -0.05) is 23.8 Å². The van der Waals surface area contributed by atoms with Crippen molar-refractivity contribution in [2.75, 3.05) is 26.3 Å². The minimum Gasteiger partial charge on any atom is -0.379 e. The number of carbonyl (C=O) groups excluding carboxylic acids is 1. The number of benzene rings is 2. The lowest BCUT2D eigenvalue weighted by Gasteiger charge is -2.26. The molecule has 1 fully saturated rings. The lowest BCUT2D eigenvalue weighted by Crippen LogP contribution is -2.40. The fourth-order valence-corrected chi connectivity index (χ4v) is 4.71. The van der Waals surface area contributed by atoms with E-state index in [2.05, 4.69) is 11.4 Å². The smallest absolute Gasteiger partial charge is 0.251 e. The molecule has 1 amide bonds. The van der Waals surface area contributed by atoms with Gasteiger partial charge in [0.25, 0.3) is 5.91 Å². The first kappa shape index (κ1) is 20.5. The largest absolute Gasteiger partial charge is 0.379 e. The van der Waals surface area contributed by atoms with Crippen LogP contribution in [0, 0.1) is 13.8 Å². The number of ether oxygens (including phenoxy) is 1. The molecule has 0 bridgehead atoms. The third-order valence-corrected chi connectivity index (χ3v) is 6.89. The molecule has 3 rings (SSSR count). The number of sulfonamides is 1. The minimum absolute atomic E-state index is 0.149. The van der Waals surface area contributed by atoms with Crippen LogP contribution in [0.3, 0.4) is 0 Å². The Balaban J connectivity index is 1.72. The first-order valence-electron chi connectivity index (χ1n) is 9.35. The zero-order chi connectivity index (χ0) is 20.3. The van der Waals surface area contributed by atoms with Crippen LogP contribution in [0.2, 0.25) is 0 Å². The molecule has 1 aliphatic heterocycles. The van der Waals surface area contributed by atoms with Gasteiger partial charge in [0.05, 0.1) is 24.2 Å². The van der Waals surface area contributed by atoms with Crippen LogP contribution in [-0.2, 0) is 14.8 Å². The highest BCUT2D eigenvalue weighted by molar-refractivity contribution is 7.89. The molecule has 0 radical (unpaired) electrons. The maximum atomic E-state index is 12.7. The highest BCUT2D eigenvalue weighted by Gasteiger charge is 2.26. The van der Waals surface area contributed by atoms with Gasteiger partial charge in [0, 0.05) is 18.7 Å². The molecule has 0 saturated carbocycles. The van der Waals surface area contributed by atoms with Gasteiger partial charge in [-0.15, -0.1) is 0 Å². The molecule has 28 heavy (non-hydrogen) atoms. The summed E-state index contributed by atoms with van der Waals surface area (Å²) in [5.74, 6) is -0.233. The molecule has 0 aromatic heterocycles. The Hall–Kier alpha value is -2.22. The van der Waals surface area contributed by atoms with Gasteiger partial charge in [0.1, 0.15) is 0 Å². The molecule has 1 heterocycles. The number of carbonyl (C=O) groups is 1. The topological polar surface area (TPSA) is 75.7 Å². The molecule has 1 atom stereocenters. The molecule has 1 N–H and O–H groups in total. The van der Waals surface area contributed by atoms with E-state index >= 15 is 0 Å². The number of hydrogen-bond donors (Lipinski definition) is 1. The summed E-state index contributed by atoms with van der Waals surface area (Å²) >= 11 is 0. The van der Waals surface area contributed by atoms with Gasteiger partial charge >= 0.3 is 0 Å². The molecule has 0 aliphatic carbocycles. The summed E-state index contributed by atoms with van der Waals surface area (Å²) in [5, 5.41) is 2.99. The van der Waals surface area contributed by atoms with Crippen molar-refractivity contribution in [2.24, 2.45) is 0 Å². The summed E-state index contributed by atoms with van der Waals surface area (Å²) < 4.78 is 32.0. The lowest BCUT2D eigenvalue weighted by molar-refractivity contribution is 0.0730. The third-order valence-electron chi connectivity index (χ3n) is 4.97. The average Bonchev–Trinajstić information content (AvgIpc) is 2.70. The summed E-state index contributed by atoms with van der Waals surface area (Å²) in [5.41, 5.74) is 3.75. The van der Waals surface area contributed by atoms with Crippen LogP contribution >= 0.6 is 0 Å². The quantitative estimate of drug-likeness (QED) is 0.834. The molecular formula is C21H26N2O4S. The second kappa shape index (κ2) is 8.43. The summed E-state index contributed by atoms with van der Waals surface area (Å²) in [6, 6.07) is 12.1. The molecule has 0 unspecified atom stereocenters. The van der Waals surface area contributed by atoms with E-state index < -0.39 is 10.0 Å². The van der Waals surface area contributed by atoms with Gasteiger partial charge in [-0.3, -0.25) is 4.79 Å². The zero-order valence-corrected chi connectivity index (χ0v) is 17.3. The van der Waals surface area contributed by atoms with Gasteiger partial charge in [0.15, 0.2) is 0 Å². The maximum absolute atomic E-state index is 12.7. The number of rotatable bonds is 5. The minimum atomic E-state index is -3.56. The maximum Gasteiger partial charge on any atom is 0.251 e. The van der Waals surface area contributed by atoms with E-state index in [1.54, 1.807) is 12.1 Å².